The fraction of sp³-hybridized carbons (Fsp3) is 0.393. The van der Waals surface area contributed by atoms with Gasteiger partial charge in [0, 0.05) is 42.4 Å². The zero-order valence-electron chi connectivity index (χ0n) is 22.4. The molecule has 0 aliphatic carbocycles. The minimum Gasteiger partial charge on any atom is -0.404 e. The molecule has 196 valence electrons. The van der Waals surface area contributed by atoms with Gasteiger partial charge in [-0.3, -0.25) is 14.6 Å². The number of nitrogens with two attached hydrogens (primary N) is 3. The number of nitrogens with one attached hydrogen (secondary N) is 1. The molecule has 1 aliphatic heterocycles. The van der Waals surface area contributed by atoms with Gasteiger partial charge in [0.1, 0.15) is 5.69 Å². The lowest BCUT2D eigenvalue weighted by atomic mass is 9.80. The van der Waals surface area contributed by atoms with Gasteiger partial charge in [-0.2, -0.15) is 0 Å². The summed E-state index contributed by atoms with van der Waals surface area (Å²) in [6, 6.07) is 9.99. The molecule has 2 aromatic rings. The van der Waals surface area contributed by atoms with E-state index < -0.39 is 0 Å². The summed E-state index contributed by atoms with van der Waals surface area (Å²) in [6.45, 7) is 11.1. The van der Waals surface area contributed by atoms with Gasteiger partial charge in [0.25, 0.3) is 0 Å². The van der Waals surface area contributed by atoms with Crippen molar-refractivity contribution < 1.29 is 9.59 Å². The van der Waals surface area contributed by atoms with Crippen molar-refractivity contribution in [1.82, 2.24) is 10.3 Å². The van der Waals surface area contributed by atoms with Crippen LogP contribution in [0.2, 0.25) is 0 Å². The van der Waals surface area contributed by atoms with Crippen LogP contribution in [-0.2, 0) is 4.79 Å². The predicted molar refractivity (Wildman–Crippen MR) is 150 cm³/mol. The molecule has 1 atom stereocenters. The van der Waals surface area contributed by atoms with Gasteiger partial charge >= 0.3 is 0 Å². The largest absolute Gasteiger partial charge is 0.404 e. The van der Waals surface area contributed by atoms with Crippen molar-refractivity contribution >= 4 is 29.7 Å². The number of hydrogen-bond acceptors (Lipinski definition) is 7. The topological polar surface area (TPSA) is 140 Å². The molecule has 1 aromatic heterocycles. The van der Waals surface area contributed by atoms with Gasteiger partial charge < -0.3 is 27.4 Å². The summed E-state index contributed by atoms with van der Waals surface area (Å²) >= 11 is 0. The Labute approximate surface area is 215 Å². The third-order valence-corrected chi connectivity index (χ3v) is 6.04. The van der Waals surface area contributed by atoms with Gasteiger partial charge in [0.05, 0.1) is 0 Å². The van der Waals surface area contributed by atoms with Crippen molar-refractivity contribution in [2.75, 3.05) is 32.1 Å². The SMILES string of the molecule is CNC.Cc1ccc(N2CCC(C(C)(C)C)C2)cc1/C(N)=C/C(=C\N)c1ccnc(C=O)c1.NC=O. The Kier molecular flexibility index (Phi) is 12.4. The first kappa shape index (κ1) is 30.4. The zero-order chi connectivity index (χ0) is 27.3. The minimum absolute atomic E-state index is 0.250. The lowest BCUT2D eigenvalue weighted by molar-refractivity contribution is -0.106. The standard InChI is InChI=1S/C25H32N4O.C2H7N.CH3NO/c1-17-5-6-22(29-10-8-20(15-29)25(2,3)4)13-23(17)24(27)12-19(14-26)18-7-9-28-21(11-18)16-30;1-3-2;2-1-3/h5-7,9,11-14,16,20H,8,10,15,26-27H2,1-4H3;3H,1-2H3;1H,(H2,2,3)/b19-14+,24-12-;;. The maximum atomic E-state index is 11.0. The summed E-state index contributed by atoms with van der Waals surface area (Å²) in [4.78, 5) is 26.1. The first-order valence-corrected chi connectivity index (χ1v) is 12.0. The number of allylic oxidation sites excluding steroid dienone is 2. The van der Waals surface area contributed by atoms with Crippen LogP contribution in [-0.4, -0.2) is 44.9 Å². The molecule has 8 heteroatoms. The molecular weight excluding hydrogens is 452 g/mol. The third kappa shape index (κ3) is 8.85. The summed E-state index contributed by atoms with van der Waals surface area (Å²) in [6.07, 6.45) is 7.14. The van der Waals surface area contributed by atoms with Gasteiger partial charge in [0.15, 0.2) is 6.29 Å². The number of nitrogens with zero attached hydrogens (tertiary/aromatic N) is 2. The van der Waals surface area contributed by atoms with Crippen molar-refractivity contribution in [2.45, 2.75) is 34.1 Å². The van der Waals surface area contributed by atoms with E-state index in [2.05, 4.69) is 66.8 Å². The Morgan fingerprint density at radius 3 is 2.31 bits per heavy atom. The van der Waals surface area contributed by atoms with Gasteiger partial charge in [-0.15, -0.1) is 0 Å². The minimum atomic E-state index is 0.250. The molecule has 2 heterocycles. The molecule has 1 aromatic carbocycles. The van der Waals surface area contributed by atoms with Crippen LogP contribution in [0.25, 0.3) is 11.3 Å². The summed E-state index contributed by atoms with van der Waals surface area (Å²) < 4.78 is 0. The lowest BCUT2D eigenvalue weighted by Gasteiger charge is -2.27. The number of benzene rings is 1. The molecule has 36 heavy (non-hydrogen) atoms. The molecule has 0 bridgehead atoms. The molecular formula is C28H42N6O2. The molecule has 1 unspecified atom stereocenters. The van der Waals surface area contributed by atoms with E-state index in [-0.39, 0.29) is 6.41 Å². The van der Waals surface area contributed by atoms with Crippen molar-refractivity contribution in [3.05, 3.63) is 71.2 Å². The molecule has 1 amide bonds. The van der Waals surface area contributed by atoms with Crippen LogP contribution >= 0.6 is 0 Å². The number of hydrogen-bond donors (Lipinski definition) is 4. The monoisotopic (exact) mass is 494 g/mol. The number of amides is 1. The van der Waals surface area contributed by atoms with Gasteiger partial charge in [0.2, 0.25) is 6.41 Å². The number of primary amides is 1. The van der Waals surface area contributed by atoms with Crippen molar-refractivity contribution in [2.24, 2.45) is 28.5 Å². The number of carbonyl (C=O) groups is 2. The molecule has 7 N–H and O–H groups in total. The van der Waals surface area contributed by atoms with Crippen LogP contribution in [0.1, 0.15) is 54.4 Å². The smallest absolute Gasteiger partial charge is 0.204 e. The molecule has 1 fully saturated rings. The van der Waals surface area contributed by atoms with E-state index in [1.165, 1.54) is 18.3 Å². The summed E-state index contributed by atoms with van der Waals surface area (Å²) in [7, 11) is 3.75. The van der Waals surface area contributed by atoms with Crippen molar-refractivity contribution in [3.63, 3.8) is 0 Å². The quantitative estimate of drug-likeness (QED) is 0.369. The maximum Gasteiger partial charge on any atom is 0.204 e. The van der Waals surface area contributed by atoms with E-state index in [1.807, 2.05) is 26.2 Å². The molecule has 1 aliphatic rings. The number of carbonyl (C=O) groups excluding carboxylic acids is 2. The van der Waals surface area contributed by atoms with E-state index in [0.717, 1.165) is 41.6 Å². The summed E-state index contributed by atoms with van der Waals surface area (Å²) in [5, 5.41) is 2.75. The van der Waals surface area contributed by atoms with Crippen LogP contribution in [0, 0.1) is 18.3 Å². The Bertz CT molecular complexity index is 1060. The summed E-state index contributed by atoms with van der Waals surface area (Å²) in [5.41, 5.74) is 22.7. The van der Waals surface area contributed by atoms with Crippen LogP contribution in [0.3, 0.4) is 0 Å². The Morgan fingerprint density at radius 1 is 1.14 bits per heavy atom. The lowest BCUT2D eigenvalue weighted by Crippen LogP contribution is -2.25. The van der Waals surface area contributed by atoms with Gasteiger partial charge in [-0.1, -0.05) is 26.8 Å². The number of pyridine rings is 1. The average Bonchev–Trinajstić information content (AvgIpc) is 3.35. The van der Waals surface area contributed by atoms with Crippen molar-refractivity contribution in [1.29, 1.82) is 0 Å². The molecule has 0 saturated carbocycles. The highest BCUT2D eigenvalue weighted by atomic mass is 16.1. The fourth-order valence-corrected chi connectivity index (χ4v) is 3.98. The molecule has 8 nitrogen and oxygen atoms in total. The highest BCUT2D eigenvalue weighted by molar-refractivity contribution is 5.85. The normalized spacial score (nSPS) is 15.8. The van der Waals surface area contributed by atoms with Crippen LogP contribution in [0.4, 0.5) is 5.69 Å². The third-order valence-electron chi connectivity index (χ3n) is 6.04. The van der Waals surface area contributed by atoms with Crippen LogP contribution in [0.15, 0.2) is 48.8 Å². The highest BCUT2D eigenvalue weighted by Crippen LogP contribution is 2.36. The van der Waals surface area contributed by atoms with Crippen LogP contribution < -0.4 is 27.4 Å². The number of anilines is 1. The molecule has 1 saturated heterocycles. The number of aryl methyl sites for hydroxylation is 1. The predicted octanol–water partition coefficient (Wildman–Crippen LogP) is 3.31. The second kappa shape index (κ2) is 14.7. The second-order valence-electron chi connectivity index (χ2n) is 9.74. The Morgan fingerprint density at radius 2 is 1.78 bits per heavy atom. The number of aromatic nitrogens is 1. The van der Waals surface area contributed by atoms with E-state index in [9.17, 15) is 4.79 Å². The van der Waals surface area contributed by atoms with Gasteiger partial charge in [-0.05, 0) is 85.8 Å². The van der Waals surface area contributed by atoms with Crippen molar-refractivity contribution in [3.8, 4) is 0 Å². The average molecular weight is 495 g/mol. The van der Waals surface area contributed by atoms with Gasteiger partial charge in [-0.25, -0.2) is 0 Å². The van der Waals surface area contributed by atoms with E-state index in [1.54, 1.807) is 12.3 Å². The zero-order valence-corrected chi connectivity index (χ0v) is 22.4. The molecule has 3 rings (SSSR count). The fourth-order valence-electron chi connectivity index (χ4n) is 3.98. The maximum absolute atomic E-state index is 11.0. The number of aldehydes is 1. The Balaban J connectivity index is 0.000000982. The highest BCUT2D eigenvalue weighted by Gasteiger charge is 2.31. The first-order chi connectivity index (χ1) is 17.1. The number of rotatable bonds is 5. The van der Waals surface area contributed by atoms with E-state index >= 15 is 0 Å². The summed E-state index contributed by atoms with van der Waals surface area (Å²) in [5.74, 6) is 0.681. The Hall–Kier alpha value is -3.65. The first-order valence-electron chi connectivity index (χ1n) is 12.0. The van der Waals surface area contributed by atoms with Crippen LogP contribution in [0.5, 0.6) is 0 Å². The molecule has 0 radical (unpaired) electrons. The van der Waals surface area contributed by atoms with E-state index in [0.29, 0.717) is 22.7 Å². The molecule has 0 spiro atoms. The van der Waals surface area contributed by atoms with E-state index in [4.69, 9.17) is 16.3 Å². The second-order valence-corrected chi connectivity index (χ2v) is 9.74.